The highest BCUT2D eigenvalue weighted by atomic mass is 16.6. The Morgan fingerprint density at radius 1 is 0.268 bits per heavy atom. The van der Waals surface area contributed by atoms with Crippen molar-refractivity contribution in [2.45, 2.75) is 341 Å². The molecule has 82 heavy (non-hydrogen) atoms. The molecule has 6 nitrogen and oxygen atoms in total. The van der Waals surface area contributed by atoms with E-state index in [-0.39, 0.29) is 31.6 Å². The zero-order chi connectivity index (χ0) is 59.2. The summed E-state index contributed by atoms with van der Waals surface area (Å²) in [7, 11) is 0. The summed E-state index contributed by atoms with van der Waals surface area (Å²) in [6.45, 7) is 6.37. The van der Waals surface area contributed by atoms with E-state index in [0.717, 1.165) is 96.3 Å². The number of rotatable bonds is 63. The Balaban J connectivity index is 4.22. The predicted octanol–water partition coefficient (Wildman–Crippen LogP) is 24.2. The Bertz CT molecular complexity index is 1640. The van der Waals surface area contributed by atoms with Gasteiger partial charge in [-0.3, -0.25) is 14.4 Å². The Morgan fingerprint density at radius 3 is 0.854 bits per heavy atom. The number of allylic oxidation sites excluding steroid dienone is 17. The van der Waals surface area contributed by atoms with Gasteiger partial charge in [0, 0.05) is 12.8 Å². The van der Waals surface area contributed by atoms with Crippen LogP contribution in [-0.2, 0) is 28.6 Å². The maximum atomic E-state index is 12.9. The predicted molar refractivity (Wildman–Crippen MR) is 357 cm³/mol. The SMILES string of the molecule is CC/C=C\C/C=C\C/C=C\C/C=C\C/C=C\CC(=O)OCC(COC(=O)CCCCCCCCCCCCCCCCCCCCCC/C=C\C/C=C\C/C=C\C/C=C\CC)OC(=O)CCCCCCCCCCCCCCCCCC. The van der Waals surface area contributed by atoms with E-state index in [1.54, 1.807) is 6.08 Å². The molecule has 0 aromatic carbocycles. The second-order valence-corrected chi connectivity index (χ2v) is 23.1. The van der Waals surface area contributed by atoms with Crippen LogP contribution in [0.25, 0.3) is 0 Å². The van der Waals surface area contributed by atoms with Crippen molar-refractivity contribution in [3.63, 3.8) is 0 Å². The highest BCUT2D eigenvalue weighted by Crippen LogP contribution is 2.18. The van der Waals surface area contributed by atoms with Crippen molar-refractivity contribution in [3.05, 3.63) is 109 Å². The molecule has 470 valence electrons. The van der Waals surface area contributed by atoms with Gasteiger partial charge >= 0.3 is 17.9 Å². The first-order valence-electron chi connectivity index (χ1n) is 34.9. The molecule has 0 aliphatic carbocycles. The molecule has 1 unspecified atom stereocenters. The minimum atomic E-state index is -0.816. The highest BCUT2D eigenvalue weighted by Gasteiger charge is 2.19. The lowest BCUT2D eigenvalue weighted by Gasteiger charge is -2.18. The van der Waals surface area contributed by atoms with Gasteiger partial charge in [0.25, 0.3) is 0 Å². The molecule has 0 rings (SSSR count). The number of hydrogen-bond donors (Lipinski definition) is 0. The second kappa shape index (κ2) is 69.6. The average Bonchev–Trinajstić information content (AvgIpc) is 3.47. The molecule has 0 aliphatic heterocycles. The molecule has 0 spiro atoms. The second-order valence-electron chi connectivity index (χ2n) is 23.1. The standard InChI is InChI=1S/C76H130O6/c1-4-7-10-13-16-19-22-25-28-30-31-32-33-34-35-36-37-38-39-40-41-42-43-44-45-46-49-51-54-57-60-63-66-69-75(78)81-72-73(71-80-74(77)68-65-62-59-56-53-50-47-27-24-21-18-15-12-9-6-3)82-76(79)70-67-64-61-58-55-52-48-29-26-23-20-17-14-11-8-5-2/h7,9-10,12,16,18-19,21,25,27-28,31-32,47,53,56,62,65,73H,4-6,8,11,13-15,17,20,22-24,26,29-30,33-46,48-52,54-55,57-61,63-64,66-72H2,1-3H3/b10-7-,12-9-,19-16-,21-18-,28-25-,32-31-,47-27-,56-53-,65-62-. The Kier molecular flexibility index (Phi) is 66.2. The lowest BCUT2D eigenvalue weighted by Crippen LogP contribution is -2.30. The van der Waals surface area contributed by atoms with Gasteiger partial charge in [-0.05, 0) is 83.5 Å². The first-order valence-corrected chi connectivity index (χ1v) is 34.9. The van der Waals surface area contributed by atoms with E-state index in [0.29, 0.717) is 12.8 Å². The zero-order valence-electron chi connectivity index (χ0n) is 54.0. The number of unbranched alkanes of at least 4 members (excludes halogenated alkanes) is 35. The first kappa shape index (κ1) is 78.1. The van der Waals surface area contributed by atoms with Crippen molar-refractivity contribution >= 4 is 17.9 Å². The van der Waals surface area contributed by atoms with Crippen molar-refractivity contribution in [2.24, 2.45) is 0 Å². The van der Waals surface area contributed by atoms with Gasteiger partial charge in [-0.2, -0.15) is 0 Å². The average molecular weight is 1140 g/mol. The van der Waals surface area contributed by atoms with Crippen molar-refractivity contribution in [1.29, 1.82) is 0 Å². The first-order chi connectivity index (χ1) is 40.5. The Morgan fingerprint density at radius 2 is 0.524 bits per heavy atom. The molecule has 0 amide bonds. The lowest BCUT2D eigenvalue weighted by atomic mass is 10.0. The molecular weight excluding hydrogens is 1010 g/mol. The lowest BCUT2D eigenvalue weighted by molar-refractivity contribution is -0.166. The van der Waals surface area contributed by atoms with Crippen molar-refractivity contribution < 1.29 is 28.6 Å². The fourth-order valence-corrected chi connectivity index (χ4v) is 9.92. The van der Waals surface area contributed by atoms with Crippen LogP contribution in [-0.4, -0.2) is 37.2 Å². The molecule has 0 aliphatic rings. The maximum absolute atomic E-state index is 12.9. The Labute approximate surface area is 508 Å². The van der Waals surface area contributed by atoms with Gasteiger partial charge < -0.3 is 14.2 Å². The van der Waals surface area contributed by atoms with Gasteiger partial charge in [0.05, 0.1) is 6.42 Å². The van der Waals surface area contributed by atoms with E-state index >= 15 is 0 Å². The summed E-state index contributed by atoms with van der Waals surface area (Å²) >= 11 is 0. The van der Waals surface area contributed by atoms with Gasteiger partial charge in [-0.1, -0.05) is 342 Å². The number of ether oxygens (including phenoxy) is 3. The minimum Gasteiger partial charge on any atom is -0.462 e. The third-order valence-electron chi connectivity index (χ3n) is 15.1. The summed E-state index contributed by atoms with van der Waals surface area (Å²) in [5.41, 5.74) is 0. The van der Waals surface area contributed by atoms with E-state index < -0.39 is 12.1 Å². The van der Waals surface area contributed by atoms with Crippen molar-refractivity contribution in [2.75, 3.05) is 13.2 Å². The monoisotopic (exact) mass is 1140 g/mol. The Hall–Kier alpha value is -3.93. The number of carbonyl (C=O) groups excluding carboxylic acids is 3. The van der Waals surface area contributed by atoms with Crippen LogP contribution in [0.3, 0.4) is 0 Å². The fraction of sp³-hybridized carbons (Fsp3) is 0.724. The summed E-state index contributed by atoms with van der Waals surface area (Å²) < 4.78 is 16.9. The van der Waals surface area contributed by atoms with E-state index in [4.69, 9.17) is 14.2 Å². The number of hydrogen-bond acceptors (Lipinski definition) is 6. The van der Waals surface area contributed by atoms with Gasteiger partial charge in [0.15, 0.2) is 6.10 Å². The zero-order valence-corrected chi connectivity index (χ0v) is 54.0. The number of carbonyl (C=O) groups is 3. The minimum absolute atomic E-state index is 0.103. The summed E-state index contributed by atoms with van der Waals surface area (Å²) in [5.74, 6) is -1.02. The quantitative estimate of drug-likeness (QED) is 0.0261. The molecule has 1 atom stereocenters. The third kappa shape index (κ3) is 66.9. The van der Waals surface area contributed by atoms with Crippen LogP contribution in [0.5, 0.6) is 0 Å². The molecular formula is C76H130O6. The van der Waals surface area contributed by atoms with Crippen LogP contribution < -0.4 is 0 Å². The smallest absolute Gasteiger partial charge is 0.309 e. The van der Waals surface area contributed by atoms with Crippen molar-refractivity contribution in [1.82, 2.24) is 0 Å². The molecule has 0 aromatic rings. The topological polar surface area (TPSA) is 78.9 Å². The van der Waals surface area contributed by atoms with Crippen LogP contribution in [0.15, 0.2) is 109 Å². The molecule has 0 bridgehead atoms. The summed E-state index contributed by atoms with van der Waals surface area (Å²) in [6, 6.07) is 0. The largest absolute Gasteiger partial charge is 0.462 e. The van der Waals surface area contributed by atoms with Crippen LogP contribution in [0.1, 0.15) is 335 Å². The van der Waals surface area contributed by atoms with E-state index in [9.17, 15) is 14.4 Å². The van der Waals surface area contributed by atoms with Crippen LogP contribution in [0.4, 0.5) is 0 Å². The summed E-state index contributed by atoms with van der Waals surface area (Å²) in [6.07, 6.45) is 95.8. The molecule has 0 saturated carbocycles. The van der Waals surface area contributed by atoms with Gasteiger partial charge in [0.2, 0.25) is 0 Å². The normalized spacial score (nSPS) is 12.8. The molecule has 0 heterocycles. The fourth-order valence-electron chi connectivity index (χ4n) is 9.92. The number of esters is 3. The van der Waals surface area contributed by atoms with E-state index in [1.165, 1.54) is 199 Å². The van der Waals surface area contributed by atoms with Gasteiger partial charge in [-0.25, -0.2) is 0 Å². The van der Waals surface area contributed by atoms with Crippen LogP contribution >= 0.6 is 0 Å². The van der Waals surface area contributed by atoms with Gasteiger partial charge in [0.1, 0.15) is 13.2 Å². The summed E-state index contributed by atoms with van der Waals surface area (Å²) in [5, 5.41) is 0. The molecule has 0 fully saturated rings. The molecule has 0 radical (unpaired) electrons. The van der Waals surface area contributed by atoms with E-state index in [2.05, 4.69) is 118 Å². The third-order valence-corrected chi connectivity index (χ3v) is 15.1. The summed E-state index contributed by atoms with van der Waals surface area (Å²) in [4.78, 5) is 38.3. The van der Waals surface area contributed by atoms with Crippen LogP contribution in [0, 0.1) is 0 Å². The van der Waals surface area contributed by atoms with E-state index in [1.807, 2.05) is 6.08 Å². The van der Waals surface area contributed by atoms with Crippen LogP contribution in [0.2, 0.25) is 0 Å². The molecule has 0 saturated heterocycles. The molecule has 0 aromatic heterocycles. The van der Waals surface area contributed by atoms with Gasteiger partial charge in [-0.15, -0.1) is 0 Å². The molecule has 0 N–H and O–H groups in total. The highest BCUT2D eigenvalue weighted by molar-refractivity contribution is 5.72. The molecule has 6 heteroatoms. The van der Waals surface area contributed by atoms with Crippen molar-refractivity contribution in [3.8, 4) is 0 Å². The maximum Gasteiger partial charge on any atom is 0.309 e.